The van der Waals surface area contributed by atoms with E-state index in [-0.39, 0.29) is 17.9 Å². The number of halogens is 2. The molecule has 1 aliphatic rings. The molecule has 2 aromatic rings. The van der Waals surface area contributed by atoms with Crippen LogP contribution in [0.25, 0.3) is 0 Å². The summed E-state index contributed by atoms with van der Waals surface area (Å²) in [5.74, 6) is -0.267. The first-order valence-corrected chi connectivity index (χ1v) is 9.89. The fraction of sp³-hybridized carbons (Fsp3) is 0.389. The van der Waals surface area contributed by atoms with Crippen molar-refractivity contribution in [1.29, 1.82) is 0 Å². The molecule has 0 saturated carbocycles. The minimum atomic E-state index is -0.267. The van der Waals surface area contributed by atoms with E-state index < -0.39 is 0 Å². The second-order valence-corrected chi connectivity index (χ2v) is 8.74. The van der Waals surface area contributed by atoms with Crippen molar-refractivity contribution in [1.82, 2.24) is 15.1 Å². The summed E-state index contributed by atoms with van der Waals surface area (Å²) in [4.78, 5) is 18.0. The lowest BCUT2D eigenvalue weighted by Crippen LogP contribution is -2.51. The first-order chi connectivity index (χ1) is 12.0. The van der Waals surface area contributed by atoms with E-state index in [4.69, 9.17) is 0 Å². The molecule has 134 valence electrons. The van der Waals surface area contributed by atoms with E-state index in [9.17, 15) is 9.18 Å². The molecule has 1 unspecified atom stereocenters. The van der Waals surface area contributed by atoms with Gasteiger partial charge < -0.3 is 10.2 Å². The number of carbonyl (C=O) groups excluding carboxylic acids is 1. The van der Waals surface area contributed by atoms with Crippen LogP contribution in [0.1, 0.15) is 23.4 Å². The van der Waals surface area contributed by atoms with Crippen LogP contribution in [-0.4, -0.2) is 42.0 Å². The summed E-state index contributed by atoms with van der Waals surface area (Å²) in [7, 11) is 0. The molecule has 1 saturated heterocycles. The Morgan fingerprint density at radius 1 is 1.20 bits per heavy atom. The Morgan fingerprint density at radius 2 is 1.88 bits per heavy atom. The molecule has 2 heterocycles. The largest absolute Gasteiger partial charge is 0.331 e. The number of carbonyl (C=O) groups is 1. The minimum Gasteiger partial charge on any atom is -0.331 e. The summed E-state index contributed by atoms with van der Waals surface area (Å²) < 4.78 is 14.1. The van der Waals surface area contributed by atoms with Crippen molar-refractivity contribution in [3.8, 4) is 0 Å². The van der Waals surface area contributed by atoms with E-state index in [0.29, 0.717) is 13.1 Å². The summed E-state index contributed by atoms with van der Waals surface area (Å²) in [5.41, 5.74) is 0.900. The van der Waals surface area contributed by atoms with Crippen molar-refractivity contribution in [2.24, 2.45) is 0 Å². The third kappa shape index (κ3) is 5.03. The van der Waals surface area contributed by atoms with Gasteiger partial charge in [0, 0.05) is 37.6 Å². The Labute approximate surface area is 159 Å². The minimum absolute atomic E-state index is 0.0599. The fourth-order valence-electron chi connectivity index (χ4n) is 2.88. The van der Waals surface area contributed by atoms with Crippen LogP contribution in [0.3, 0.4) is 0 Å². The third-order valence-corrected chi connectivity index (χ3v) is 5.99. The van der Waals surface area contributed by atoms with Crippen molar-refractivity contribution >= 4 is 33.3 Å². The number of amides is 2. The monoisotopic (exact) mass is 425 g/mol. The second-order valence-electron chi connectivity index (χ2n) is 6.19. The van der Waals surface area contributed by atoms with Gasteiger partial charge in [-0.3, -0.25) is 4.90 Å². The second kappa shape index (κ2) is 8.29. The Bertz CT molecular complexity index is 713. The number of nitrogens with one attached hydrogen (secondary N) is 1. The number of nitrogens with zero attached hydrogens (tertiary/aromatic N) is 2. The highest BCUT2D eigenvalue weighted by Crippen LogP contribution is 2.23. The van der Waals surface area contributed by atoms with Crippen molar-refractivity contribution < 1.29 is 9.18 Å². The molecule has 25 heavy (non-hydrogen) atoms. The van der Waals surface area contributed by atoms with Gasteiger partial charge in [0.1, 0.15) is 5.82 Å². The molecule has 1 N–H and O–H groups in total. The number of benzene rings is 1. The molecule has 1 atom stereocenters. The molecule has 4 nitrogen and oxygen atoms in total. The van der Waals surface area contributed by atoms with Gasteiger partial charge in [-0.15, -0.1) is 11.3 Å². The van der Waals surface area contributed by atoms with Gasteiger partial charge >= 0.3 is 6.03 Å². The summed E-state index contributed by atoms with van der Waals surface area (Å²) in [5, 5.41) is 3.00. The number of piperazine rings is 1. The number of rotatable bonds is 4. The van der Waals surface area contributed by atoms with E-state index in [2.05, 4.69) is 38.3 Å². The highest BCUT2D eigenvalue weighted by molar-refractivity contribution is 9.11. The standard InChI is InChI=1S/C18H21BrFN3OS/c1-13(14-2-4-15(20)5-3-14)21-18(24)23-10-8-22(9-11-23)12-16-6-7-17(19)25-16/h2-7,13H,8-12H2,1H3,(H,21,24). The van der Waals surface area contributed by atoms with E-state index in [0.717, 1.165) is 29.0 Å². The first kappa shape index (κ1) is 18.4. The summed E-state index contributed by atoms with van der Waals surface area (Å²) in [6, 6.07) is 10.2. The molecule has 1 fully saturated rings. The van der Waals surface area contributed by atoms with Gasteiger partial charge in [0.15, 0.2) is 0 Å². The molecule has 0 aliphatic carbocycles. The van der Waals surface area contributed by atoms with E-state index in [1.54, 1.807) is 23.5 Å². The van der Waals surface area contributed by atoms with Gasteiger partial charge in [0.05, 0.1) is 9.83 Å². The Balaban J connectivity index is 1.47. The zero-order valence-electron chi connectivity index (χ0n) is 14.0. The highest BCUT2D eigenvalue weighted by atomic mass is 79.9. The molecule has 0 spiro atoms. The van der Waals surface area contributed by atoms with Crippen LogP contribution in [0.4, 0.5) is 9.18 Å². The van der Waals surface area contributed by atoms with Gasteiger partial charge in [-0.05, 0) is 52.7 Å². The summed E-state index contributed by atoms with van der Waals surface area (Å²) in [6.45, 7) is 6.01. The molecule has 0 radical (unpaired) electrons. The zero-order chi connectivity index (χ0) is 17.8. The number of urea groups is 1. The van der Waals surface area contributed by atoms with Gasteiger partial charge in [-0.25, -0.2) is 9.18 Å². The maximum Gasteiger partial charge on any atom is 0.317 e. The van der Waals surface area contributed by atoms with Crippen LogP contribution < -0.4 is 5.32 Å². The predicted octanol–water partition coefficient (Wildman–Crippen LogP) is 4.24. The SMILES string of the molecule is CC(NC(=O)N1CCN(Cc2ccc(Br)s2)CC1)c1ccc(F)cc1. The number of hydrogen-bond donors (Lipinski definition) is 1. The molecule has 1 aromatic carbocycles. The normalized spacial score (nSPS) is 16.7. The molecule has 1 aliphatic heterocycles. The van der Waals surface area contributed by atoms with Crippen molar-refractivity contribution in [3.05, 3.63) is 56.4 Å². The molecule has 3 rings (SSSR count). The predicted molar refractivity (Wildman–Crippen MR) is 102 cm³/mol. The van der Waals surface area contributed by atoms with Crippen LogP contribution >= 0.6 is 27.3 Å². The van der Waals surface area contributed by atoms with Crippen molar-refractivity contribution in [3.63, 3.8) is 0 Å². The molecular formula is C18H21BrFN3OS. The maximum absolute atomic E-state index is 13.0. The van der Waals surface area contributed by atoms with E-state index in [1.165, 1.54) is 17.0 Å². The average molecular weight is 426 g/mol. The average Bonchev–Trinajstić information content (AvgIpc) is 3.01. The lowest BCUT2D eigenvalue weighted by Gasteiger charge is -2.35. The topological polar surface area (TPSA) is 35.6 Å². The highest BCUT2D eigenvalue weighted by Gasteiger charge is 2.22. The summed E-state index contributed by atoms with van der Waals surface area (Å²) >= 11 is 5.24. The van der Waals surface area contributed by atoms with E-state index in [1.807, 2.05) is 11.8 Å². The Morgan fingerprint density at radius 3 is 2.48 bits per heavy atom. The quantitative estimate of drug-likeness (QED) is 0.794. The van der Waals surface area contributed by atoms with Crippen molar-refractivity contribution in [2.45, 2.75) is 19.5 Å². The van der Waals surface area contributed by atoms with Crippen LogP contribution in [0, 0.1) is 5.82 Å². The maximum atomic E-state index is 13.0. The Kier molecular flexibility index (Phi) is 6.09. The smallest absolute Gasteiger partial charge is 0.317 e. The zero-order valence-corrected chi connectivity index (χ0v) is 16.4. The molecular weight excluding hydrogens is 405 g/mol. The first-order valence-electron chi connectivity index (χ1n) is 8.29. The van der Waals surface area contributed by atoms with Crippen LogP contribution in [0.5, 0.6) is 0 Å². The van der Waals surface area contributed by atoms with Gasteiger partial charge in [-0.2, -0.15) is 0 Å². The molecule has 7 heteroatoms. The molecule has 1 aromatic heterocycles. The van der Waals surface area contributed by atoms with Crippen LogP contribution in [0.2, 0.25) is 0 Å². The van der Waals surface area contributed by atoms with Gasteiger partial charge in [0.25, 0.3) is 0 Å². The summed E-state index contributed by atoms with van der Waals surface area (Å²) in [6.07, 6.45) is 0. The van der Waals surface area contributed by atoms with Crippen LogP contribution in [-0.2, 0) is 6.54 Å². The van der Waals surface area contributed by atoms with E-state index >= 15 is 0 Å². The Hall–Kier alpha value is -1.44. The lowest BCUT2D eigenvalue weighted by atomic mass is 10.1. The number of hydrogen-bond acceptors (Lipinski definition) is 3. The fourth-order valence-corrected chi connectivity index (χ4v) is 4.40. The number of thiophene rings is 1. The van der Waals surface area contributed by atoms with Crippen molar-refractivity contribution in [2.75, 3.05) is 26.2 Å². The molecule has 0 bridgehead atoms. The van der Waals surface area contributed by atoms with Gasteiger partial charge in [-0.1, -0.05) is 12.1 Å². The van der Waals surface area contributed by atoms with Crippen LogP contribution in [0.15, 0.2) is 40.2 Å². The van der Waals surface area contributed by atoms with Gasteiger partial charge in [0.2, 0.25) is 0 Å². The third-order valence-electron chi connectivity index (χ3n) is 4.38. The lowest BCUT2D eigenvalue weighted by molar-refractivity contribution is 0.134. The molecule has 2 amide bonds.